The van der Waals surface area contributed by atoms with E-state index in [9.17, 15) is 26.7 Å². The van der Waals surface area contributed by atoms with Gasteiger partial charge in [-0.05, 0) is 37.3 Å². The van der Waals surface area contributed by atoms with Crippen molar-refractivity contribution in [1.29, 1.82) is 0 Å². The van der Waals surface area contributed by atoms with Gasteiger partial charge >= 0.3 is 6.18 Å². The minimum absolute atomic E-state index is 0.0181. The number of carbonyl (C=O) groups is 1. The van der Waals surface area contributed by atoms with E-state index in [0.29, 0.717) is 0 Å². The highest BCUT2D eigenvalue weighted by molar-refractivity contribution is 5.94. The number of aromatic nitrogens is 3. The Bertz CT molecular complexity index is 1120. The summed E-state index contributed by atoms with van der Waals surface area (Å²) < 4.78 is 74.1. The molecule has 168 valence electrons. The van der Waals surface area contributed by atoms with E-state index >= 15 is 0 Å². The average molecular weight is 452 g/mol. The van der Waals surface area contributed by atoms with Gasteiger partial charge in [0.2, 0.25) is 0 Å². The minimum atomic E-state index is -4.53. The second-order valence-electron chi connectivity index (χ2n) is 7.41. The molecule has 1 amide bonds. The number of benzene rings is 2. The fourth-order valence-corrected chi connectivity index (χ4v) is 3.82. The van der Waals surface area contributed by atoms with Gasteiger partial charge in [0.05, 0.1) is 18.2 Å². The van der Waals surface area contributed by atoms with E-state index in [1.807, 2.05) is 0 Å². The zero-order valence-electron chi connectivity index (χ0n) is 16.7. The van der Waals surface area contributed by atoms with Crippen molar-refractivity contribution >= 4 is 5.91 Å². The highest BCUT2D eigenvalue weighted by Crippen LogP contribution is 2.41. The molecule has 0 bridgehead atoms. The van der Waals surface area contributed by atoms with Crippen LogP contribution in [0.4, 0.5) is 22.0 Å². The monoisotopic (exact) mass is 452 g/mol. The Morgan fingerprint density at radius 1 is 1.19 bits per heavy atom. The molecule has 2 aromatic carbocycles. The quantitative estimate of drug-likeness (QED) is 0.562. The molecule has 2 heterocycles. The van der Waals surface area contributed by atoms with Gasteiger partial charge in [-0.1, -0.05) is 6.07 Å². The Balaban J connectivity index is 1.69. The molecule has 3 aromatic rings. The van der Waals surface area contributed by atoms with Crippen molar-refractivity contribution in [3.8, 4) is 0 Å². The van der Waals surface area contributed by atoms with Crippen LogP contribution in [0, 0.1) is 11.6 Å². The third-order valence-electron chi connectivity index (χ3n) is 5.57. The molecule has 1 aliphatic heterocycles. The number of hydrogen-bond acceptors (Lipinski definition) is 4. The maximum Gasteiger partial charge on any atom is 0.416 e. The lowest BCUT2D eigenvalue weighted by Crippen LogP contribution is -2.46. The standard InChI is InChI=1S/C21H17F5N4O2/c1-13-20(9-29-11-27-10-28-29,17-7-6-16(22)8-18(17)23)32-12-30(13)19(31)14-2-4-15(5-3-14)21(24,25)26/h2-8,10-11,13H,9,12H2,1H3/t13-,20-/m0/s1. The van der Waals surface area contributed by atoms with Gasteiger partial charge in [-0.3, -0.25) is 4.79 Å². The smallest absolute Gasteiger partial charge is 0.346 e. The predicted molar refractivity (Wildman–Crippen MR) is 101 cm³/mol. The summed E-state index contributed by atoms with van der Waals surface area (Å²) in [6.07, 6.45) is -1.86. The predicted octanol–water partition coefficient (Wildman–Crippen LogP) is 3.99. The fourth-order valence-electron chi connectivity index (χ4n) is 3.82. The first kappa shape index (κ1) is 21.9. The van der Waals surface area contributed by atoms with Crippen LogP contribution in [-0.2, 0) is 23.1 Å². The third kappa shape index (κ3) is 3.83. The van der Waals surface area contributed by atoms with Crippen LogP contribution in [0.25, 0.3) is 0 Å². The van der Waals surface area contributed by atoms with Gasteiger partial charge in [-0.15, -0.1) is 0 Å². The first-order valence-corrected chi connectivity index (χ1v) is 9.52. The number of ether oxygens (including phenoxy) is 1. The van der Waals surface area contributed by atoms with Crippen LogP contribution >= 0.6 is 0 Å². The summed E-state index contributed by atoms with van der Waals surface area (Å²) in [5, 5.41) is 4.01. The van der Waals surface area contributed by atoms with Crippen LogP contribution in [0.1, 0.15) is 28.4 Å². The van der Waals surface area contributed by atoms with Gasteiger partial charge in [-0.25, -0.2) is 18.4 Å². The second kappa shape index (κ2) is 7.97. The van der Waals surface area contributed by atoms with Crippen molar-refractivity contribution in [3.05, 3.63) is 83.4 Å². The summed E-state index contributed by atoms with van der Waals surface area (Å²) in [7, 11) is 0. The Morgan fingerprint density at radius 3 is 2.50 bits per heavy atom. The lowest BCUT2D eigenvalue weighted by Gasteiger charge is -2.34. The zero-order chi connectivity index (χ0) is 23.1. The SMILES string of the molecule is C[C@@H]1N(C(=O)c2ccc(C(F)(F)F)cc2)CO[C@]1(Cn1cncn1)c1ccc(F)cc1F. The van der Waals surface area contributed by atoms with Crippen LogP contribution in [0.15, 0.2) is 55.1 Å². The zero-order valence-corrected chi connectivity index (χ0v) is 16.7. The maximum atomic E-state index is 14.8. The van der Waals surface area contributed by atoms with E-state index in [-0.39, 0.29) is 24.4 Å². The summed E-state index contributed by atoms with van der Waals surface area (Å²) in [4.78, 5) is 18.2. The van der Waals surface area contributed by atoms with E-state index in [2.05, 4.69) is 10.1 Å². The largest absolute Gasteiger partial charge is 0.416 e. The number of nitrogens with zero attached hydrogens (tertiary/aromatic N) is 4. The lowest BCUT2D eigenvalue weighted by atomic mass is 9.86. The summed E-state index contributed by atoms with van der Waals surface area (Å²) in [6, 6.07) is 6.05. The molecule has 1 aliphatic rings. The number of alkyl halides is 3. The van der Waals surface area contributed by atoms with Crippen LogP contribution in [-0.4, -0.2) is 38.3 Å². The van der Waals surface area contributed by atoms with E-state index in [1.54, 1.807) is 6.92 Å². The molecule has 2 atom stereocenters. The normalized spacial score (nSPS) is 21.2. The average Bonchev–Trinajstić information content (AvgIpc) is 3.36. The lowest BCUT2D eigenvalue weighted by molar-refractivity contribution is -0.137. The van der Waals surface area contributed by atoms with Crippen molar-refractivity contribution < 1.29 is 31.5 Å². The first-order chi connectivity index (χ1) is 15.1. The molecule has 1 fully saturated rings. The molecule has 32 heavy (non-hydrogen) atoms. The fraction of sp³-hybridized carbons (Fsp3) is 0.286. The molecule has 0 radical (unpaired) electrons. The molecule has 1 saturated heterocycles. The molecular formula is C21H17F5N4O2. The van der Waals surface area contributed by atoms with Crippen molar-refractivity contribution in [1.82, 2.24) is 19.7 Å². The van der Waals surface area contributed by atoms with Crippen LogP contribution in [0.2, 0.25) is 0 Å². The van der Waals surface area contributed by atoms with Gasteiger partial charge in [0.25, 0.3) is 5.91 Å². The van der Waals surface area contributed by atoms with Gasteiger partial charge in [-0.2, -0.15) is 18.3 Å². The minimum Gasteiger partial charge on any atom is -0.346 e. The number of hydrogen-bond donors (Lipinski definition) is 0. The number of carbonyl (C=O) groups excluding carboxylic acids is 1. The van der Waals surface area contributed by atoms with Crippen LogP contribution < -0.4 is 0 Å². The van der Waals surface area contributed by atoms with Crippen LogP contribution in [0.3, 0.4) is 0 Å². The molecular weight excluding hydrogens is 435 g/mol. The molecule has 0 aliphatic carbocycles. The number of halogens is 5. The van der Waals surface area contributed by atoms with Crippen molar-refractivity contribution in [2.45, 2.75) is 31.3 Å². The van der Waals surface area contributed by atoms with E-state index in [1.165, 1.54) is 28.3 Å². The number of amides is 1. The van der Waals surface area contributed by atoms with Crippen molar-refractivity contribution in [2.24, 2.45) is 0 Å². The van der Waals surface area contributed by atoms with Crippen molar-refractivity contribution in [2.75, 3.05) is 6.73 Å². The molecule has 6 nitrogen and oxygen atoms in total. The van der Waals surface area contributed by atoms with Gasteiger partial charge in [0.1, 0.15) is 36.6 Å². The molecule has 1 aromatic heterocycles. The van der Waals surface area contributed by atoms with Crippen molar-refractivity contribution in [3.63, 3.8) is 0 Å². The number of rotatable bonds is 4. The molecule has 0 unspecified atom stereocenters. The van der Waals surface area contributed by atoms with E-state index in [0.717, 1.165) is 36.4 Å². The Morgan fingerprint density at radius 2 is 1.91 bits per heavy atom. The summed E-state index contributed by atoms with van der Waals surface area (Å²) >= 11 is 0. The third-order valence-corrected chi connectivity index (χ3v) is 5.57. The molecule has 0 N–H and O–H groups in total. The van der Waals surface area contributed by atoms with E-state index in [4.69, 9.17) is 4.74 Å². The maximum absolute atomic E-state index is 14.8. The summed E-state index contributed by atoms with van der Waals surface area (Å²) in [5.74, 6) is -2.22. The Hall–Kier alpha value is -3.34. The molecule has 4 rings (SSSR count). The second-order valence-corrected chi connectivity index (χ2v) is 7.41. The topological polar surface area (TPSA) is 60.2 Å². The molecule has 11 heteroatoms. The van der Waals surface area contributed by atoms with E-state index < -0.39 is 40.9 Å². The summed E-state index contributed by atoms with van der Waals surface area (Å²) in [5.41, 5.74) is -2.28. The molecule has 0 spiro atoms. The summed E-state index contributed by atoms with van der Waals surface area (Å²) in [6.45, 7) is 1.33. The highest BCUT2D eigenvalue weighted by Gasteiger charge is 2.51. The Kier molecular flexibility index (Phi) is 5.45. The first-order valence-electron chi connectivity index (χ1n) is 9.52. The van der Waals surface area contributed by atoms with Gasteiger partial charge in [0.15, 0.2) is 0 Å². The van der Waals surface area contributed by atoms with Gasteiger partial charge in [0, 0.05) is 17.2 Å². The highest BCUT2D eigenvalue weighted by atomic mass is 19.4. The molecule has 0 saturated carbocycles. The van der Waals surface area contributed by atoms with Gasteiger partial charge < -0.3 is 9.64 Å². The Labute approximate surface area is 179 Å². The van der Waals surface area contributed by atoms with Crippen LogP contribution in [0.5, 0.6) is 0 Å².